The summed E-state index contributed by atoms with van der Waals surface area (Å²) >= 11 is 0. The first-order valence-electron chi connectivity index (χ1n) is 12.5. The van der Waals surface area contributed by atoms with Crippen LogP contribution in [0.2, 0.25) is 0 Å². The lowest BCUT2D eigenvalue weighted by molar-refractivity contribution is -0.135. The highest BCUT2D eigenvalue weighted by atomic mass is 16.2. The van der Waals surface area contributed by atoms with Crippen LogP contribution in [0.5, 0.6) is 0 Å². The lowest BCUT2D eigenvalue weighted by Gasteiger charge is -2.34. The molecule has 1 saturated carbocycles. The Balaban J connectivity index is 1.31. The van der Waals surface area contributed by atoms with Crippen LogP contribution in [0, 0.1) is 18.3 Å². The third-order valence-corrected chi connectivity index (χ3v) is 7.07. The van der Waals surface area contributed by atoms with E-state index in [9.17, 15) is 9.59 Å². The van der Waals surface area contributed by atoms with Gasteiger partial charge in [-0.25, -0.2) is 0 Å². The van der Waals surface area contributed by atoms with Gasteiger partial charge in [-0.05, 0) is 69.6 Å². The molecule has 0 spiro atoms. The maximum Gasteiger partial charge on any atom is 0.251 e. The summed E-state index contributed by atoms with van der Waals surface area (Å²) in [6.45, 7) is 5.95. The number of aryl methyl sites for hydroxylation is 1. The van der Waals surface area contributed by atoms with E-state index in [1.165, 1.54) is 11.1 Å². The molecule has 7 heteroatoms. The summed E-state index contributed by atoms with van der Waals surface area (Å²) < 4.78 is 0. The molecule has 1 saturated heterocycles. The lowest BCUT2D eigenvalue weighted by atomic mass is 10.1. The summed E-state index contributed by atoms with van der Waals surface area (Å²) in [5, 5.41) is 15.6. The number of likely N-dealkylation sites (N-methyl/N-ethyl adjacent to an activating group) is 1. The first-order chi connectivity index (χ1) is 16.9. The molecule has 7 nitrogen and oxygen atoms in total. The fourth-order valence-electron chi connectivity index (χ4n) is 4.64. The van der Waals surface area contributed by atoms with E-state index in [1.54, 1.807) is 24.3 Å². The minimum Gasteiger partial charge on any atom is -0.340 e. The molecular weight excluding hydrogens is 438 g/mol. The smallest absolute Gasteiger partial charge is 0.251 e. The molecule has 0 radical (unpaired) electrons. The van der Waals surface area contributed by atoms with Gasteiger partial charge < -0.3 is 20.4 Å². The molecule has 0 unspecified atom stereocenters. The van der Waals surface area contributed by atoms with Crippen LogP contribution in [0.4, 0.5) is 0 Å². The van der Waals surface area contributed by atoms with Gasteiger partial charge in [0.25, 0.3) is 5.91 Å². The Labute approximate surface area is 208 Å². The van der Waals surface area contributed by atoms with Gasteiger partial charge in [0.15, 0.2) is 0 Å². The van der Waals surface area contributed by atoms with E-state index in [4.69, 9.17) is 5.26 Å². The lowest BCUT2D eigenvalue weighted by Crippen LogP contribution is -2.54. The van der Waals surface area contributed by atoms with Gasteiger partial charge in [0.2, 0.25) is 5.91 Å². The summed E-state index contributed by atoms with van der Waals surface area (Å²) in [5.41, 5.74) is 3.61. The van der Waals surface area contributed by atoms with Crippen molar-refractivity contribution in [1.29, 1.82) is 5.26 Å². The predicted molar refractivity (Wildman–Crippen MR) is 136 cm³/mol. The van der Waals surface area contributed by atoms with Crippen molar-refractivity contribution < 1.29 is 9.59 Å². The average molecular weight is 474 g/mol. The summed E-state index contributed by atoms with van der Waals surface area (Å²) in [7, 11) is 2.05. The van der Waals surface area contributed by atoms with E-state index in [2.05, 4.69) is 59.8 Å². The van der Waals surface area contributed by atoms with Crippen molar-refractivity contribution in [3.8, 4) is 6.07 Å². The molecule has 2 amide bonds. The Hall–Kier alpha value is -3.21. The van der Waals surface area contributed by atoms with Crippen molar-refractivity contribution in [2.75, 3.05) is 39.8 Å². The number of nitrogens with one attached hydrogen (secondary N) is 2. The van der Waals surface area contributed by atoms with Gasteiger partial charge in [0, 0.05) is 43.7 Å². The van der Waals surface area contributed by atoms with Gasteiger partial charge >= 0.3 is 0 Å². The van der Waals surface area contributed by atoms with Crippen LogP contribution in [-0.2, 0) is 4.79 Å². The van der Waals surface area contributed by atoms with Crippen LogP contribution in [0.3, 0.4) is 0 Å². The number of amides is 2. The van der Waals surface area contributed by atoms with Crippen molar-refractivity contribution in [1.82, 2.24) is 20.4 Å². The number of hydrogen-bond donors (Lipinski definition) is 2. The molecule has 2 aliphatic rings. The Kier molecular flexibility index (Phi) is 8.17. The molecular formula is C28H35N5O2. The van der Waals surface area contributed by atoms with Crippen molar-refractivity contribution in [3.63, 3.8) is 0 Å². The van der Waals surface area contributed by atoms with Crippen molar-refractivity contribution in [3.05, 3.63) is 70.8 Å². The number of carbonyl (C=O) groups excluding carboxylic acids is 2. The van der Waals surface area contributed by atoms with Crippen LogP contribution in [0.15, 0.2) is 48.5 Å². The molecule has 2 fully saturated rings. The Morgan fingerprint density at radius 2 is 1.74 bits per heavy atom. The zero-order valence-corrected chi connectivity index (χ0v) is 20.7. The first-order valence-corrected chi connectivity index (χ1v) is 12.5. The highest BCUT2D eigenvalue weighted by Crippen LogP contribution is 2.40. The van der Waals surface area contributed by atoms with Crippen molar-refractivity contribution in [2.45, 2.75) is 44.2 Å². The molecule has 35 heavy (non-hydrogen) atoms. The maximum absolute atomic E-state index is 13.3. The van der Waals surface area contributed by atoms with Gasteiger partial charge in [-0.2, -0.15) is 5.26 Å². The molecule has 2 aromatic rings. The van der Waals surface area contributed by atoms with Gasteiger partial charge in [-0.3, -0.25) is 9.59 Å². The van der Waals surface area contributed by atoms with Crippen molar-refractivity contribution in [2.24, 2.45) is 0 Å². The zero-order valence-electron chi connectivity index (χ0n) is 20.7. The fraction of sp³-hybridized carbons (Fsp3) is 0.464. The molecule has 0 aromatic heterocycles. The van der Waals surface area contributed by atoms with Gasteiger partial charge in [0.1, 0.15) is 6.04 Å². The molecule has 1 aliphatic carbocycles. The molecule has 4 rings (SSSR count). The summed E-state index contributed by atoms with van der Waals surface area (Å²) in [4.78, 5) is 30.3. The first kappa shape index (κ1) is 24.9. The fourth-order valence-corrected chi connectivity index (χ4v) is 4.64. The maximum atomic E-state index is 13.3. The predicted octanol–water partition coefficient (Wildman–Crippen LogP) is 2.67. The highest BCUT2D eigenvalue weighted by Gasteiger charge is 2.37. The minimum atomic E-state index is -0.560. The van der Waals surface area contributed by atoms with Gasteiger partial charge in [-0.1, -0.05) is 29.8 Å². The summed E-state index contributed by atoms with van der Waals surface area (Å²) in [5.74, 6) is 0.273. The molecule has 1 aliphatic heterocycles. The van der Waals surface area contributed by atoms with Crippen LogP contribution < -0.4 is 10.6 Å². The Morgan fingerprint density at radius 3 is 2.40 bits per heavy atom. The number of nitriles is 1. The van der Waals surface area contributed by atoms with Gasteiger partial charge in [-0.15, -0.1) is 0 Å². The Bertz CT molecular complexity index is 1050. The minimum absolute atomic E-state index is 0.0101. The van der Waals surface area contributed by atoms with Crippen LogP contribution >= 0.6 is 0 Å². The number of piperazine rings is 1. The van der Waals surface area contributed by atoms with Crippen molar-refractivity contribution >= 4 is 11.8 Å². The highest BCUT2D eigenvalue weighted by molar-refractivity contribution is 5.97. The third kappa shape index (κ3) is 6.68. The largest absolute Gasteiger partial charge is 0.340 e. The molecule has 2 aromatic carbocycles. The van der Waals surface area contributed by atoms with E-state index in [0.29, 0.717) is 42.6 Å². The normalized spacial score (nSPS) is 20.7. The van der Waals surface area contributed by atoms with Crippen LogP contribution in [0.25, 0.3) is 0 Å². The number of carbonyl (C=O) groups is 2. The zero-order chi connectivity index (χ0) is 24.8. The Morgan fingerprint density at radius 1 is 1.06 bits per heavy atom. The number of nitrogens with zero attached hydrogens (tertiary/aromatic N) is 3. The molecule has 1 heterocycles. The third-order valence-electron chi connectivity index (χ3n) is 7.07. The average Bonchev–Trinajstić information content (AvgIpc) is 3.66. The second-order valence-electron chi connectivity index (χ2n) is 9.80. The van der Waals surface area contributed by atoms with E-state index in [1.807, 2.05) is 4.90 Å². The molecule has 3 atom stereocenters. The van der Waals surface area contributed by atoms with E-state index in [-0.39, 0.29) is 11.8 Å². The van der Waals surface area contributed by atoms with Crippen LogP contribution in [0.1, 0.15) is 52.2 Å². The summed E-state index contributed by atoms with van der Waals surface area (Å²) in [6, 6.07) is 17.2. The SMILES string of the molecule is Cc1ccc([C@@H]2C[C@H]2NCCC[C@H](NC(=O)c2ccc(C#N)cc2)C(=O)N2CCN(C)CC2)cc1. The summed E-state index contributed by atoms with van der Waals surface area (Å²) in [6.07, 6.45) is 2.53. The van der Waals surface area contributed by atoms with E-state index < -0.39 is 6.04 Å². The number of benzene rings is 2. The topological polar surface area (TPSA) is 88.5 Å². The second-order valence-corrected chi connectivity index (χ2v) is 9.80. The standard InChI is InChI=1S/C28H35N5O2/c1-20-5-9-22(10-6-20)24-18-26(24)30-13-3-4-25(28(35)33-16-14-32(2)15-17-33)31-27(34)23-11-7-21(19-29)8-12-23/h5-12,24-26,30H,3-4,13-18H2,1-2H3,(H,31,34)/t24-,25-,26+/m0/s1. The van der Waals surface area contributed by atoms with Crippen LogP contribution in [-0.4, -0.2) is 73.5 Å². The number of hydrogen-bond acceptors (Lipinski definition) is 5. The molecule has 184 valence electrons. The molecule has 0 bridgehead atoms. The van der Waals surface area contributed by atoms with E-state index >= 15 is 0 Å². The molecule has 2 N–H and O–H groups in total. The second kappa shape index (κ2) is 11.5. The quantitative estimate of drug-likeness (QED) is 0.547. The number of rotatable bonds is 9. The van der Waals surface area contributed by atoms with Gasteiger partial charge in [0.05, 0.1) is 11.6 Å². The monoisotopic (exact) mass is 473 g/mol. The van der Waals surface area contributed by atoms with E-state index in [0.717, 1.165) is 32.5 Å².